The van der Waals surface area contributed by atoms with E-state index in [1.807, 2.05) is 11.0 Å². The number of phenols is 1. The molecule has 1 unspecified atom stereocenters. The van der Waals surface area contributed by atoms with Gasteiger partial charge in [-0.2, -0.15) is 0 Å². The summed E-state index contributed by atoms with van der Waals surface area (Å²) in [7, 11) is 0. The number of rotatable bonds is 2. The molecule has 0 amide bonds. The van der Waals surface area contributed by atoms with E-state index in [1.54, 1.807) is 18.2 Å². The fourth-order valence-corrected chi connectivity index (χ4v) is 1.55. The zero-order chi connectivity index (χ0) is 9.97. The van der Waals surface area contributed by atoms with Crippen molar-refractivity contribution in [2.75, 3.05) is 18.1 Å². The van der Waals surface area contributed by atoms with E-state index < -0.39 is 6.23 Å². The van der Waals surface area contributed by atoms with Crippen LogP contribution in [0.25, 0.3) is 0 Å². The molecule has 0 spiro atoms. The maximum absolute atomic E-state index is 10.6. The molecule has 0 bridgehead atoms. The summed E-state index contributed by atoms with van der Waals surface area (Å²) < 4.78 is 5.19. The molecule has 14 heavy (non-hydrogen) atoms. The molecule has 74 valence electrons. The lowest BCUT2D eigenvalue weighted by molar-refractivity contribution is -0.115. The molecule has 1 fully saturated rings. The largest absolute Gasteiger partial charge is 0.508 e. The minimum absolute atomic E-state index is 0.194. The Morgan fingerprint density at radius 3 is 3.14 bits per heavy atom. The van der Waals surface area contributed by atoms with Crippen LogP contribution in [0.2, 0.25) is 0 Å². The summed E-state index contributed by atoms with van der Waals surface area (Å²) in [5.74, 6) is 0.194. The van der Waals surface area contributed by atoms with Crippen molar-refractivity contribution in [3.05, 3.63) is 24.3 Å². The first-order valence-corrected chi connectivity index (χ1v) is 4.44. The molecule has 1 aromatic rings. The molecular formula is C10H11NO3. The van der Waals surface area contributed by atoms with Crippen molar-refractivity contribution < 1.29 is 14.6 Å². The van der Waals surface area contributed by atoms with Gasteiger partial charge in [-0.3, -0.25) is 4.79 Å². The topological polar surface area (TPSA) is 49.8 Å². The number of ether oxygens (including phenoxy) is 1. The van der Waals surface area contributed by atoms with E-state index in [0.717, 1.165) is 12.0 Å². The van der Waals surface area contributed by atoms with Gasteiger partial charge in [-0.15, -0.1) is 0 Å². The first-order valence-electron chi connectivity index (χ1n) is 4.44. The molecule has 1 aromatic carbocycles. The molecule has 0 saturated carbocycles. The van der Waals surface area contributed by atoms with E-state index in [2.05, 4.69) is 0 Å². The smallest absolute Gasteiger partial charge is 0.186 e. The second kappa shape index (κ2) is 3.67. The number of anilines is 1. The molecule has 1 N–H and O–H groups in total. The van der Waals surface area contributed by atoms with Crippen LogP contribution < -0.4 is 4.90 Å². The Kier molecular flexibility index (Phi) is 2.37. The Morgan fingerprint density at radius 2 is 2.43 bits per heavy atom. The lowest BCUT2D eigenvalue weighted by atomic mass is 10.2. The first kappa shape index (κ1) is 9.02. The summed E-state index contributed by atoms with van der Waals surface area (Å²) in [4.78, 5) is 12.5. The van der Waals surface area contributed by atoms with Gasteiger partial charge in [0, 0.05) is 18.3 Å². The molecule has 0 aromatic heterocycles. The van der Waals surface area contributed by atoms with E-state index in [1.165, 1.54) is 0 Å². The average molecular weight is 193 g/mol. The van der Waals surface area contributed by atoms with E-state index in [-0.39, 0.29) is 5.75 Å². The van der Waals surface area contributed by atoms with Gasteiger partial charge >= 0.3 is 0 Å². The zero-order valence-corrected chi connectivity index (χ0v) is 7.59. The Hall–Kier alpha value is -1.55. The second-order valence-electron chi connectivity index (χ2n) is 3.11. The van der Waals surface area contributed by atoms with Gasteiger partial charge in [0.05, 0.1) is 6.61 Å². The second-order valence-corrected chi connectivity index (χ2v) is 3.11. The summed E-state index contributed by atoms with van der Waals surface area (Å²) in [6.45, 7) is 1.21. The van der Waals surface area contributed by atoms with E-state index in [0.29, 0.717) is 13.2 Å². The Balaban J connectivity index is 2.25. The number of nitrogens with zero attached hydrogens (tertiary/aromatic N) is 1. The summed E-state index contributed by atoms with van der Waals surface area (Å²) in [6, 6.07) is 6.79. The molecule has 1 atom stereocenters. The standard InChI is InChI=1S/C10H11NO3/c12-7-10-11(4-5-14-10)8-2-1-3-9(13)6-8/h1-3,6-7,10,13H,4-5H2. The van der Waals surface area contributed by atoms with Crippen LogP contribution in [0.4, 0.5) is 5.69 Å². The van der Waals surface area contributed by atoms with Gasteiger partial charge in [0.1, 0.15) is 5.75 Å². The number of hydrogen-bond acceptors (Lipinski definition) is 4. The Labute approximate surface area is 81.7 Å². The number of aldehydes is 1. The molecular weight excluding hydrogens is 182 g/mol. The van der Waals surface area contributed by atoms with Gasteiger partial charge in [-0.25, -0.2) is 0 Å². The van der Waals surface area contributed by atoms with Crippen LogP contribution >= 0.6 is 0 Å². The zero-order valence-electron chi connectivity index (χ0n) is 7.59. The molecule has 2 rings (SSSR count). The molecule has 1 aliphatic heterocycles. The van der Waals surface area contributed by atoms with Gasteiger partial charge in [0.15, 0.2) is 12.5 Å². The summed E-state index contributed by atoms with van der Waals surface area (Å²) in [5.41, 5.74) is 0.805. The Bertz CT molecular complexity index is 340. The molecule has 4 heteroatoms. The van der Waals surface area contributed by atoms with Crippen molar-refractivity contribution in [2.24, 2.45) is 0 Å². The third-order valence-corrected chi connectivity index (χ3v) is 2.21. The summed E-state index contributed by atoms with van der Waals surface area (Å²) >= 11 is 0. The normalized spacial score (nSPS) is 21.1. The number of carbonyl (C=O) groups excluding carboxylic acids is 1. The third kappa shape index (κ3) is 1.56. The van der Waals surface area contributed by atoms with Crippen molar-refractivity contribution in [1.29, 1.82) is 0 Å². The van der Waals surface area contributed by atoms with E-state index >= 15 is 0 Å². The molecule has 0 radical (unpaired) electrons. The number of hydrogen-bond donors (Lipinski definition) is 1. The number of phenolic OH excluding ortho intramolecular Hbond substituents is 1. The number of benzene rings is 1. The maximum atomic E-state index is 10.6. The minimum Gasteiger partial charge on any atom is -0.508 e. The third-order valence-electron chi connectivity index (χ3n) is 2.21. The van der Waals surface area contributed by atoms with Crippen LogP contribution in [-0.4, -0.2) is 30.8 Å². The highest BCUT2D eigenvalue weighted by atomic mass is 16.5. The maximum Gasteiger partial charge on any atom is 0.186 e. The average Bonchev–Trinajstić information content (AvgIpc) is 2.65. The molecule has 1 heterocycles. The fourth-order valence-electron chi connectivity index (χ4n) is 1.55. The Morgan fingerprint density at radius 1 is 1.57 bits per heavy atom. The minimum atomic E-state index is -0.517. The molecule has 1 saturated heterocycles. The molecule has 1 aliphatic rings. The highest BCUT2D eigenvalue weighted by Crippen LogP contribution is 2.24. The first-order chi connectivity index (χ1) is 6.81. The van der Waals surface area contributed by atoms with Crippen molar-refractivity contribution in [3.8, 4) is 5.75 Å². The van der Waals surface area contributed by atoms with Gasteiger partial charge < -0.3 is 14.7 Å². The van der Waals surface area contributed by atoms with Crippen LogP contribution in [0, 0.1) is 0 Å². The predicted octanol–water partition coefficient (Wildman–Crippen LogP) is 0.754. The van der Waals surface area contributed by atoms with Gasteiger partial charge in [-0.1, -0.05) is 6.07 Å². The molecule has 4 nitrogen and oxygen atoms in total. The van der Waals surface area contributed by atoms with Crippen LogP contribution in [0.3, 0.4) is 0 Å². The van der Waals surface area contributed by atoms with Crippen molar-refractivity contribution >= 4 is 12.0 Å². The van der Waals surface area contributed by atoms with Gasteiger partial charge in [-0.05, 0) is 12.1 Å². The van der Waals surface area contributed by atoms with Crippen LogP contribution in [0.15, 0.2) is 24.3 Å². The monoisotopic (exact) mass is 193 g/mol. The van der Waals surface area contributed by atoms with E-state index in [9.17, 15) is 9.90 Å². The SMILES string of the molecule is O=CC1OCCN1c1cccc(O)c1. The van der Waals surface area contributed by atoms with Crippen LogP contribution in [-0.2, 0) is 9.53 Å². The highest BCUT2D eigenvalue weighted by Gasteiger charge is 2.24. The van der Waals surface area contributed by atoms with Crippen molar-refractivity contribution in [1.82, 2.24) is 0 Å². The van der Waals surface area contributed by atoms with Gasteiger partial charge in [0.2, 0.25) is 0 Å². The quantitative estimate of drug-likeness (QED) is 0.704. The lowest BCUT2D eigenvalue weighted by Gasteiger charge is -2.20. The molecule has 0 aliphatic carbocycles. The van der Waals surface area contributed by atoms with Crippen molar-refractivity contribution in [3.63, 3.8) is 0 Å². The van der Waals surface area contributed by atoms with Crippen molar-refractivity contribution in [2.45, 2.75) is 6.23 Å². The van der Waals surface area contributed by atoms with E-state index in [4.69, 9.17) is 4.74 Å². The highest BCUT2D eigenvalue weighted by molar-refractivity contribution is 5.65. The summed E-state index contributed by atoms with van der Waals surface area (Å²) in [6.07, 6.45) is 0.244. The van der Waals surface area contributed by atoms with Crippen LogP contribution in [0.5, 0.6) is 5.75 Å². The predicted molar refractivity (Wildman–Crippen MR) is 51.3 cm³/mol. The lowest BCUT2D eigenvalue weighted by Crippen LogP contribution is -2.30. The van der Waals surface area contributed by atoms with Crippen LogP contribution in [0.1, 0.15) is 0 Å². The summed E-state index contributed by atoms with van der Waals surface area (Å²) in [5, 5.41) is 9.28. The number of carbonyl (C=O) groups is 1. The number of aromatic hydroxyl groups is 1. The van der Waals surface area contributed by atoms with Gasteiger partial charge in [0.25, 0.3) is 0 Å². The fraction of sp³-hybridized carbons (Fsp3) is 0.300.